The molecule has 0 saturated heterocycles. The van der Waals surface area contributed by atoms with Gasteiger partial charge in [-0.25, -0.2) is 0 Å². The summed E-state index contributed by atoms with van der Waals surface area (Å²) in [6.45, 7) is 8.59. The predicted octanol–water partition coefficient (Wildman–Crippen LogP) is 3.80. The Morgan fingerprint density at radius 1 is 1.11 bits per heavy atom. The first kappa shape index (κ1) is 15.0. The zero-order chi connectivity index (χ0) is 13.2. The van der Waals surface area contributed by atoms with Crippen molar-refractivity contribution in [1.29, 1.82) is 0 Å². The van der Waals surface area contributed by atoms with E-state index in [1.807, 2.05) is 0 Å². The Labute approximate surface area is 112 Å². The Morgan fingerprint density at radius 2 is 1.89 bits per heavy atom. The number of ether oxygens (including phenoxy) is 1. The number of aryl methyl sites for hydroxylation is 1. The van der Waals surface area contributed by atoms with E-state index in [0.717, 1.165) is 38.1 Å². The molecule has 0 amide bonds. The van der Waals surface area contributed by atoms with Crippen molar-refractivity contribution in [2.24, 2.45) is 0 Å². The highest BCUT2D eigenvalue weighted by Crippen LogP contribution is 2.20. The maximum Gasteiger partial charge on any atom is 0.122 e. The number of para-hydroxylation sites is 1. The molecule has 1 aromatic carbocycles. The third-order valence-electron chi connectivity index (χ3n) is 3.06. The van der Waals surface area contributed by atoms with Crippen molar-refractivity contribution in [3.05, 3.63) is 29.8 Å². The lowest BCUT2D eigenvalue weighted by molar-refractivity contribution is 0.185. The van der Waals surface area contributed by atoms with Crippen LogP contribution in [0.2, 0.25) is 0 Å². The minimum absolute atomic E-state index is 0.286. The quantitative estimate of drug-likeness (QED) is 0.672. The molecule has 2 heteroatoms. The van der Waals surface area contributed by atoms with Crippen LogP contribution in [0, 0.1) is 0 Å². The number of rotatable bonds is 9. The van der Waals surface area contributed by atoms with E-state index in [0.29, 0.717) is 0 Å². The molecule has 0 aliphatic rings. The summed E-state index contributed by atoms with van der Waals surface area (Å²) in [5, 5.41) is 3.45. The smallest absolute Gasteiger partial charge is 0.122 e. The third kappa shape index (κ3) is 5.09. The summed E-state index contributed by atoms with van der Waals surface area (Å²) in [6, 6.07) is 8.37. The third-order valence-corrected chi connectivity index (χ3v) is 3.06. The number of benzene rings is 1. The van der Waals surface area contributed by atoms with Gasteiger partial charge in [-0.1, -0.05) is 45.4 Å². The topological polar surface area (TPSA) is 21.3 Å². The summed E-state index contributed by atoms with van der Waals surface area (Å²) in [7, 11) is 0. The second kappa shape index (κ2) is 8.98. The van der Waals surface area contributed by atoms with E-state index in [1.165, 1.54) is 12.0 Å². The molecular formula is C16H27NO. The summed E-state index contributed by atoms with van der Waals surface area (Å²) in [6.07, 6.45) is 4.75. The van der Waals surface area contributed by atoms with Crippen molar-refractivity contribution in [1.82, 2.24) is 5.32 Å². The van der Waals surface area contributed by atoms with Crippen LogP contribution in [0.15, 0.2) is 24.3 Å². The first-order valence-electron chi connectivity index (χ1n) is 7.27. The van der Waals surface area contributed by atoms with Crippen LogP contribution in [0.25, 0.3) is 0 Å². The Balaban J connectivity index is 2.58. The van der Waals surface area contributed by atoms with Gasteiger partial charge in [0.15, 0.2) is 0 Å². The summed E-state index contributed by atoms with van der Waals surface area (Å²) < 4.78 is 6.16. The van der Waals surface area contributed by atoms with Gasteiger partial charge in [0.25, 0.3) is 0 Å². The highest BCUT2D eigenvalue weighted by Gasteiger charge is 2.10. The normalized spacial score (nSPS) is 12.4. The molecular weight excluding hydrogens is 222 g/mol. The summed E-state index contributed by atoms with van der Waals surface area (Å²) in [5.41, 5.74) is 1.30. The van der Waals surface area contributed by atoms with Crippen LogP contribution >= 0.6 is 0 Å². The highest BCUT2D eigenvalue weighted by atomic mass is 16.5. The molecule has 0 aromatic heterocycles. The molecule has 1 aromatic rings. The molecule has 0 aliphatic carbocycles. The molecule has 1 atom stereocenters. The minimum atomic E-state index is 0.286. The van der Waals surface area contributed by atoms with Crippen LogP contribution in [0.1, 0.15) is 45.6 Å². The minimum Gasteiger partial charge on any atom is -0.489 e. The van der Waals surface area contributed by atoms with Crippen LogP contribution in [0.4, 0.5) is 0 Å². The number of hydrogen-bond donors (Lipinski definition) is 1. The fourth-order valence-electron chi connectivity index (χ4n) is 2.05. The average Bonchev–Trinajstić information content (AvgIpc) is 2.40. The SMILES string of the molecule is CCCNCC(CCC)Oc1ccccc1CC. The van der Waals surface area contributed by atoms with E-state index < -0.39 is 0 Å². The highest BCUT2D eigenvalue weighted by molar-refractivity contribution is 5.33. The van der Waals surface area contributed by atoms with Crippen molar-refractivity contribution in [3.63, 3.8) is 0 Å². The molecule has 0 heterocycles. The molecule has 0 aliphatic heterocycles. The summed E-state index contributed by atoms with van der Waals surface area (Å²) in [4.78, 5) is 0. The second-order valence-electron chi connectivity index (χ2n) is 4.69. The molecule has 1 unspecified atom stereocenters. The van der Waals surface area contributed by atoms with Gasteiger partial charge in [-0.15, -0.1) is 0 Å². The molecule has 0 radical (unpaired) electrons. The summed E-state index contributed by atoms with van der Waals surface area (Å²) in [5.74, 6) is 1.05. The van der Waals surface area contributed by atoms with Crippen molar-refractivity contribution < 1.29 is 4.74 Å². The van der Waals surface area contributed by atoms with E-state index in [-0.39, 0.29) is 6.10 Å². The molecule has 0 spiro atoms. The zero-order valence-corrected chi connectivity index (χ0v) is 12.0. The van der Waals surface area contributed by atoms with Gasteiger partial charge in [-0.2, -0.15) is 0 Å². The maximum absolute atomic E-state index is 6.16. The van der Waals surface area contributed by atoms with Gasteiger partial charge in [0, 0.05) is 6.54 Å². The molecule has 0 bridgehead atoms. The molecule has 0 saturated carbocycles. The van der Waals surface area contributed by atoms with Crippen molar-refractivity contribution in [3.8, 4) is 5.75 Å². The van der Waals surface area contributed by atoms with Gasteiger partial charge in [0.05, 0.1) is 0 Å². The van der Waals surface area contributed by atoms with E-state index in [4.69, 9.17) is 4.74 Å². The first-order chi connectivity index (χ1) is 8.81. The fraction of sp³-hybridized carbons (Fsp3) is 0.625. The standard InChI is InChI=1S/C16H27NO/c1-4-9-15(13-17-12-5-2)18-16-11-8-7-10-14(16)6-3/h7-8,10-11,15,17H,4-6,9,12-13H2,1-3H3. The van der Waals surface area contributed by atoms with Gasteiger partial charge in [-0.3, -0.25) is 0 Å². The largest absolute Gasteiger partial charge is 0.489 e. The van der Waals surface area contributed by atoms with E-state index in [2.05, 4.69) is 50.4 Å². The lowest BCUT2D eigenvalue weighted by atomic mass is 10.1. The van der Waals surface area contributed by atoms with Crippen LogP contribution in [0.3, 0.4) is 0 Å². The molecule has 2 nitrogen and oxygen atoms in total. The van der Waals surface area contributed by atoms with Crippen LogP contribution < -0.4 is 10.1 Å². The van der Waals surface area contributed by atoms with Crippen LogP contribution in [0.5, 0.6) is 5.75 Å². The monoisotopic (exact) mass is 249 g/mol. The van der Waals surface area contributed by atoms with E-state index >= 15 is 0 Å². The molecule has 1 rings (SSSR count). The van der Waals surface area contributed by atoms with Gasteiger partial charge in [0.2, 0.25) is 0 Å². The van der Waals surface area contributed by atoms with Gasteiger partial charge in [-0.05, 0) is 37.4 Å². The molecule has 102 valence electrons. The Morgan fingerprint density at radius 3 is 2.56 bits per heavy atom. The Bertz CT molecular complexity index is 325. The molecule has 1 N–H and O–H groups in total. The van der Waals surface area contributed by atoms with Gasteiger partial charge >= 0.3 is 0 Å². The van der Waals surface area contributed by atoms with Crippen molar-refractivity contribution in [2.45, 2.75) is 52.6 Å². The molecule has 0 fully saturated rings. The molecule has 18 heavy (non-hydrogen) atoms. The Hall–Kier alpha value is -1.02. The van der Waals surface area contributed by atoms with E-state index in [1.54, 1.807) is 0 Å². The number of nitrogens with one attached hydrogen (secondary N) is 1. The van der Waals surface area contributed by atoms with Crippen molar-refractivity contribution >= 4 is 0 Å². The van der Waals surface area contributed by atoms with Crippen molar-refractivity contribution in [2.75, 3.05) is 13.1 Å². The number of hydrogen-bond acceptors (Lipinski definition) is 2. The predicted molar refractivity (Wildman–Crippen MR) is 78.3 cm³/mol. The average molecular weight is 249 g/mol. The van der Waals surface area contributed by atoms with Crippen LogP contribution in [-0.2, 0) is 6.42 Å². The lowest BCUT2D eigenvalue weighted by Crippen LogP contribution is -2.32. The van der Waals surface area contributed by atoms with Gasteiger partial charge < -0.3 is 10.1 Å². The van der Waals surface area contributed by atoms with Crippen LogP contribution in [-0.4, -0.2) is 19.2 Å². The van der Waals surface area contributed by atoms with Gasteiger partial charge in [0.1, 0.15) is 11.9 Å². The maximum atomic E-state index is 6.16. The van der Waals surface area contributed by atoms with E-state index in [9.17, 15) is 0 Å². The first-order valence-corrected chi connectivity index (χ1v) is 7.27. The zero-order valence-electron chi connectivity index (χ0n) is 12.0. The lowest BCUT2D eigenvalue weighted by Gasteiger charge is -2.21. The second-order valence-corrected chi connectivity index (χ2v) is 4.69. The fourth-order valence-corrected chi connectivity index (χ4v) is 2.05. The Kier molecular flexibility index (Phi) is 7.51. The summed E-state index contributed by atoms with van der Waals surface area (Å²) >= 11 is 0.